The summed E-state index contributed by atoms with van der Waals surface area (Å²) in [7, 11) is 0. The molecule has 1 aliphatic carbocycles. The van der Waals surface area contributed by atoms with Crippen LogP contribution in [0.5, 0.6) is 0 Å². The van der Waals surface area contributed by atoms with Gasteiger partial charge in [0.05, 0.1) is 17.2 Å². The highest BCUT2D eigenvalue weighted by molar-refractivity contribution is 7.71. The number of pyridine rings is 1. The van der Waals surface area contributed by atoms with Crippen LogP contribution < -0.4 is 0 Å². The van der Waals surface area contributed by atoms with Crippen molar-refractivity contribution in [2.75, 3.05) is 0 Å². The van der Waals surface area contributed by atoms with Crippen LogP contribution in [0.1, 0.15) is 51.5 Å². The van der Waals surface area contributed by atoms with Crippen molar-refractivity contribution < 1.29 is 0 Å². The highest BCUT2D eigenvalue weighted by Gasteiger charge is 2.23. The van der Waals surface area contributed by atoms with Crippen molar-refractivity contribution in [2.45, 2.75) is 51.5 Å². The summed E-state index contributed by atoms with van der Waals surface area (Å²) in [5.41, 5.74) is 2.27. The minimum Gasteiger partial charge on any atom is -0.329 e. The Bertz CT molecular complexity index is 605. The van der Waals surface area contributed by atoms with Crippen LogP contribution in [-0.2, 0) is 0 Å². The summed E-state index contributed by atoms with van der Waals surface area (Å²) in [4.78, 5) is 7.43. The van der Waals surface area contributed by atoms with Gasteiger partial charge in [0.15, 0.2) is 4.77 Å². The van der Waals surface area contributed by atoms with Gasteiger partial charge in [-0.15, -0.1) is 0 Å². The second kappa shape index (κ2) is 5.45. The first-order valence-electron chi connectivity index (χ1n) is 7.33. The van der Waals surface area contributed by atoms with Gasteiger partial charge in [0, 0.05) is 12.2 Å². The van der Waals surface area contributed by atoms with E-state index in [-0.39, 0.29) is 0 Å². The molecule has 0 bridgehead atoms. The summed E-state index contributed by atoms with van der Waals surface area (Å²) in [5, 5.41) is 0. The first kappa shape index (κ1) is 12.9. The summed E-state index contributed by atoms with van der Waals surface area (Å²) >= 11 is 5.49. The fraction of sp³-hybridized carbons (Fsp3) is 0.600. The van der Waals surface area contributed by atoms with Crippen molar-refractivity contribution in [3.05, 3.63) is 23.2 Å². The van der Waals surface area contributed by atoms with E-state index in [1.54, 1.807) is 0 Å². The summed E-state index contributed by atoms with van der Waals surface area (Å²) < 4.78 is 3.16. The van der Waals surface area contributed by atoms with E-state index in [4.69, 9.17) is 12.2 Å². The topological polar surface area (TPSA) is 33.6 Å². The molecule has 3 nitrogen and oxygen atoms in total. The number of hydrogen-bond acceptors (Lipinski definition) is 2. The van der Waals surface area contributed by atoms with Gasteiger partial charge in [-0.05, 0) is 49.9 Å². The zero-order valence-corrected chi connectivity index (χ0v) is 12.2. The van der Waals surface area contributed by atoms with E-state index >= 15 is 0 Å². The predicted octanol–water partition coefficient (Wildman–Crippen LogP) is 4.63. The van der Waals surface area contributed by atoms with Gasteiger partial charge < -0.3 is 9.55 Å². The third-order valence-corrected chi connectivity index (χ3v) is 4.70. The second-order valence-electron chi connectivity index (χ2n) is 5.66. The second-order valence-corrected chi connectivity index (χ2v) is 6.04. The summed E-state index contributed by atoms with van der Waals surface area (Å²) in [5.74, 6) is 0.933. The molecule has 2 heterocycles. The maximum atomic E-state index is 5.49. The molecule has 0 amide bonds. The molecule has 1 N–H and O–H groups in total. The van der Waals surface area contributed by atoms with Gasteiger partial charge in [0.2, 0.25) is 0 Å². The summed E-state index contributed by atoms with van der Waals surface area (Å²) in [6.45, 7) is 2.29. The van der Waals surface area contributed by atoms with E-state index in [1.807, 2.05) is 12.4 Å². The highest BCUT2D eigenvalue weighted by Crippen LogP contribution is 2.36. The van der Waals surface area contributed by atoms with Crippen LogP contribution in [0.3, 0.4) is 0 Å². The molecule has 4 heteroatoms. The van der Waals surface area contributed by atoms with Crippen LogP contribution in [-0.4, -0.2) is 14.5 Å². The van der Waals surface area contributed by atoms with Crippen molar-refractivity contribution in [3.63, 3.8) is 0 Å². The van der Waals surface area contributed by atoms with Crippen LogP contribution >= 0.6 is 12.2 Å². The Labute approximate surface area is 119 Å². The fourth-order valence-corrected chi connectivity index (χ4v) is 3.80. The van der Waals surface area contributed by atoms with E-state index in [2.05, 4.69) is 27.5 Å². The van der Waals surface area contributed by atoms with E-state index in [0.717, 1.165) is 16.2 Å². The molecule has 0 aliphatic heterocycles. The first-order chi connectivity index (χ1) is 9.29. The molecule has 0 atom stereocenters. The SMILES string of the molecule is CCCC1CCC(n2c(=S)[nH]c3cnccc32)CC1. The molecule has 3 rings (SSSR count). The lowest BCUT2D eigenvalue weighted by Crippen LogP contribution is -2.18. The van der Waals surface area contributed by atoms with Crippen LogP contribution in [0.25, 0.3) is 11.0 Å². The predicted molar refractivity (Wildman–Crippen MR) is 80.8 cm³/mol. The number of nitrogens with zero attached hydrogens (tertiary/aromatic N) is 2. The Morgan fingerprint density at radius 1 is 1.37 bits per heavy atom. The lowest BCUT2D eigenvalue weighted by atomic mass is 9.83. The molecule has 0 radical (unpaired) electrons. The molecule has 1 saturated carbocycles. The number of aromatic nitrogens is 3. The number of imidazole rings is 1. The van der Waals surface area contributed by atoms with Gasteiger partial charge in [0.1, 0.15) is 0 Å². The van der Waals surface area contributed by atoms with Crippen LogP contribution in [0.4, 0.5) is 0 Å². The molecular formula is C15H21N3S. The highest BCUT2D eigenvalue weighted by atomic mass is 32.1. The fourth-order valence-electron chi connectivity index (χ4n) is 3.44. The Balaban J connectivity index is 1.86. The number of fused-ring (bicyclic) bond motifs is 1. The average Bonchev–Trinajstić information content (AvgIpc) is 2.76. The van der Waals surface area contributed by atoms with Crippen LogP contribution in [0.15, 0.2) is 18.5 Å². The molecule has 0 aromatic carbocycles. The van der Waals surface area contributed by atoms with Crippen LogP contribution in [0, 0.1) is 10.7 Å². The number of rotatable bonds is 3. The Hall–Kier alpha value is -1.16. The summed E-state index contributed by atoms with van der Waals surface area (Å²) in [6, 6.07) is 2.64. The third kappa shape index (κ3) is 2.46. The first-order valence-corrected chi connectivity index (χ1v) is 7.74. The Kier molecular flexibility index (Phi) is 3.69. The quantitative estimate of drug-likeness (QED) is 0.829. The summed E-state index contributed by atoms with van der Waals surface area (Å²) in [6.07, 6.45) is 11.6. The molecule has 0 spiro atoms. The molecule has 0 saturated heterocycles. The minimum absolute atomic E-state index is 0.566. The van der Waals surface area contributed by atoms with Gasteiger partial charge >= 0.3 is 0 Å². The van der Waals surface area contributed by atoms with Gasteiger partial charge in [0.25, 0.3) is 0 Å². The van der Waals surface area contributed by atoms with E-state index in [9.17, 15) is 0 Å². The smallest absolute Gasteiger partial charge is 0.178 e. The molecule has 2 aromatic heterocycles. The lowest BCUT2D eigenvalue weighted by molar-refractivity contribution is 0.264. The molecule has 19 heavy (non-hydrogen) atoms. The molecule has 1 aliphatic rings. The largest absolute Gasteiger partial charge is 0.329 e. The maximum Gasteiger partial charge on any atom is 0.178 e. The third-order valence-electron chi connectivity index (χ3n) is 4.40. The Morgan fingerprint density at radius 3 is 2.89 bits per heavy atom. The van der Waals surface area contributed by atoms with Crippen LogP contribution in [0.2, 0.25) is 0 Å². The molecule has 2 aromatic rings. The zero-order chi connectivity index (χ0) is 13.2. The standard InChI is InChI=1S/C15H21N3S/c1-2-3-11-4-6-12(7-5-11)18-14-8-9-16-10-13(14)17-15(18)19/h8-12H,2-7H2,1H3,(H,17,19). The zero-order valence-electron chi connectivity index (χ0n) is 11.4. The van der Waals surface area contributed by atoms with E-state index in [1.165, 1.54) is 44.0 Å². The van der Waals surface area contributed by atoms with Crippen molar-refractivity contribution in [1.29, 1.82) is 0 Å². The van der Waals surface area contributed by atoms with Gasteiger partial charge in [-0.3, -0.25) is 4.98 Å². The number of H-pyrrole nitrogens is 1. The van der Waals surface area contributed by atoms with E-state index < -0.39 is 0 Å². The molecule has 0 unspecified atom stereocenters. The van der Waals surface area contributed by atoms with Crippen molar-refractivity contribution in [3.8, 4) is 0 Å². The average molecular weight is 275 g/mol. The molecule has 102 valence electrons. The maximum absolute atomic E-state index is 5.49. The number of nitrogens with one attached hydrogen (secondary N) is 1. The number of aromatic amines is 1. The molecule has 1 fully saturated rings. The van der Waals surface area contributed by atoms with E-state index in [0.29, 0.717) is 6.04 Å². The van der Waals surface area contributed by atoms with Crippen molar-refractivity contribution in [2.24, 2.45) is 5.92 Å². The number of hydrogen-bond donors (Lipinski definition) is 1. The Morgan fingerprint density at radius 2 is 2.16 bits per heavy atom. The molecular weight excluding hydrogens is 254 g/mol. The van der Waals surface area contributed by atoms with Gasteiger partial charge in [-0.25, -0.2) is 0 Å². The van der Waals surface area contributed by atoms with Crippen molar-refractivity contribution in [1.82, 2.24) is 14.5 Å². The lowest BCUT2D eigenvalue weighted by Gasteiger charge is -2.29. The normalized spacial score (nSPS) is 23.8. The monoisotopic (exact) mass is 275 g/mol. The minimum atomic E-state index is 0.566. The van der Waals surface area contributed by atoms with Gasteiger partial charge in [-0.1, -0.05) is 19.8 Å². The van der Waals surface area contributed by atoms with Crippen molar-refractivity contribution >= 4 is 23.3 Å². The van der Waals surface area contributed by atoms with Gasteiger partial charge in [-0.2, -0.15) is 0 Å².